The fraction of sp³-hybridized carbons (Fsp3) is 0.435. The van der Waals surface area contributed by atoms with E-state index in [4.69, 9.17) is 9.47 Å². The zero-order chi connectivity index (χ0) is 19.9. The smallest absolute Gasteiger partial charge is 0.256 e. The molecule has 146 valence electrons. The Hall–Kier alpha value is -2.33. The van der Waals surface area contributed by atoms with Gasteiger partial charge >= 0.3 is 0 Å². The molecule has 2 aromatic carbocycles. The first-order valence-corrected chi connectivity index (χ1v) is 9.63. The standard InChI is InChI=1S/C23H31NO3/c1-6-13-27-23(5,7-2)22(25)24-20-14-17(3)21(18(4)15-20)26-16-19-11-9-8-10-12-19/h8-12,14-15H,6-7,13,16H2,1-5H3,(H,24,25)/t23-/m1/s1. The molecule has 0 saturated carbocycles. The molecule has 0 fully saturated rings. The molecule has 1 atom stereocenters. The number of carbonyl (C=O) groups is 1. The summed E-state index contributed by atoms with van der Waals surface area (Å²) in [5.41, 5.74) is 3.06. The molecule has 0 radical (unpaired) electrons. The molecule has 0 aliphatic heterocycles. The highest BCUT2D eigenvalue weighted by molar-refractivity contribution is 5.97. The molecule has 4 heteroatoms. The second kappa shape index (κ2) is 9.56. The van der Waals surface area contributed by atoms with Crippen LogP contribution in [-0.2, 0) is 16.1 Å². The van der Waals surface area contributed by atoms with Gasteiger partial charge in [0.25, 0.3) is 5.91 Å². The molecule has 2 aromatic rings. The Bertz CT molecular complexity index is 734. The number of aryl methyl sites for hydroxylation is 2. The number of ether oxygens (including phenoxy) is 2. The zero-order valence-electron chi connectivity index (χ0n) is 17.1. The molecule has 0 aliphatic carbocycles. The van der Waals surface area contributed by atoms with E-state index in [1.54, 1.807) is 0 Å². The molecule has 0 aromatic heterocycles. The predicted molar refractivity (Wildman–Crippen MR) is 110 cm³/mol. The van der Waals surface area contributed by atoms with Gasteiger partial charge in [-0.05, 0) is 62.4 Å². The van der Waals surface area contributed by atoms with E-state index in [0.29, 0.717) is 19.6 Å². The summed E-state index contributed by atoms with van der Waals surface area (Å²) in [6.07, 6.45) is 1.50. The SMILES string of the molecule is CCCO[C@](C)(CC)C(=O)Nc1cc(C)c(OCc2ccccc2)c(C)c1. The van der Waals surface area contributed by atoms with Crippen molar-refractivity contribution < 1.29 is 14.3 Å². The fourth-order valence-electron chi connectivity index (χ4n) is 2.90. The van der Waals surface area contributed by atoms with Crippen LogP contribution in [0.3, 0.4) is 0 Å². The summed E-state index contributed by atoms with van der Waals surface area (Å²) in [7, 11) is 0. The van der Waals surface area contributed by atoms with E-state index in [1.165, 1.54) is 0 Å². The normalized spacial score (nSPS) is 13.1. The lowest BCUT2D eigenvalue weighted by Gasteiger charge is -2.27. The first kappa shape index (κ1) is 21.0. The van der Waals surface area contributed by atoms with E-state index < -0.39 is 5.60 Å². The minimum absolute atomic E-state index is 0.116. The number of hydrogen-bond donors (Lipinski definition) is 1. The summed E-state index contributed by atoms with van der Waals surface area (Å²) in [5.74, 6) is 0.743. The average Bonchev–Trinajstić information content (AvgIpc) is 2.66. The van der Waals surface area contributed by atoms with Gasteiger partial charge in [0, 0.05) is 12.3 Å². The molecule has 0 aliphatic rings. The minimum Gasteiger partial charge on any atom is -0.488 e. The lowest BCUT2D eigenvalue weighted by Crippen LogP contribution is -2.42. The number of rotatable bonds is 9. The van der Waals surface area contributed by atoms with Crippen LogP contribution in [0.5, 0.6) is 5.75 Å². The molecule has 2 rings (SSSR count). The third kappa shape index (κ3) is 5.57. The first-order valence-electron chi connectivity index (χ1n) is 9.63. The van der Waals surface area contributed by atoms with Gasteiger partial charge in [-0.3, -0.25) is 4.79 Å². The Morgan fingerprint density at radius 3 is 2.26 bits per heavy atom. The van der Waals surface area contributed by atoms with Crippen LogP contribution >= 0.6 is 0 Å². The van der Waals surface area contributed by atoms with Crippen molar-refractivity contribution in [2.24, 2.45) is 0 Å². The first-order chi connectivity index (χ1) is 12.9. The zero-order valence-corrected chi connectivity index (χ0v) is 17.1. The third-order valence-electron chi connectivity index (χ3n) is 4.72. The maximum Gasteiger partial charge on any atom is 0.256 e. The van der Waals surface area contributed by atoms with Crippen LogP contribution in [0.4, 0.5) is 5.69 Å². The number of hydrogen-bond acceptors (Lipinski definition) is 3. The second-order valence-electron chi connectivity index (χ2n) is 7.10. The number of anilines is 1. The van der Waals surface area contributed by atoms with Crippen LogP contribution in [-0.4, -0.2) is 18.1 Å². The Kier molecular flexibility index (Phi) is 7.43. The van der Waals surface area contributed by atoms with Crippen LogP contribution in [0.2, 0.25) is 0 Å². The summed E-state index contributed by atoms with van der Waals surface area (Å²) < 4.78 is 11.8. The number of benzene rings is 2. The van der Waals surface area contributed by atoms with Gasteiger partial charge < -0.3 is 14.8 Å². The van der Waals surface area contributed by atoms with Crippen LogP contribution < -0.4 is 10.1 Å². The van der Waals surface area contributed by atoms with E-state index in [0.717, 1.165) is 34.5 Å². The number of nitrogens with one attached hydrogen (secondary N) is 1. The topological polar surface area (TPSA) is 47.6 Å². The van der Waals surface area contributed by atoms with Crippen molar-refractivity contribution in [3.8, 4) is 5.75 Å². The minimum atomic E-state index is -0.819. The fourth-order valence-corrected chi connectivity index (χ4v) is 2.90. The van der Waals surface area contributed by atoms with Gasteiger partial charge in [0.05, 0.1) is 0 Å². The van der Waals surface area contributed by atoms with E-state index in [1.807, 2.05) is 77.1 Å². The van der Waals surface area contributed by atoms with E-state index in [2.05, 4.69) is 5.32 Å². The maximum atomic E-state index is 12.7. The summed E-state index contributed by atoms with van der Waals surface area (Å²) in [6, 6.07) is 14.0. The molecule has 27 heavy (non-hydrogen) atoms. The summed E-state index contributed by atoms with van der Waals surface area (Å²) >= 11 is 0. The summed E-state index contributed by atoms with van der Waals surface area (Å²) in [5, 5.41) is 3.01. The molecular weight excluding hydrogens is 338 g/mol. The molecule has 1 amide bonds. The molecule has 0 unspecified atom stereocenters. The Balaban J connectivity index is 2.10. The summed E-state index contributed by atoms with van der Waals surface area (Å²) in [6.45, 7) is 10.9. The van der Waals surface area contributed by atoms with Crippen molar-refractivity contribution in [3.63, 3.8) is 0 Å². The lowest BCUT2D eigenvalue weighted by atomic mass is 10.0. The van der Waals surface area contributed by atoms with Gasteiger partial charge in [-0.15, -0.1) is 0 Å². The van der Waals surface area contributed by atoms with Gasteiger partial charge in [0.1, 0.15) is 18.0 Å². The number of carbonyl (C=O) groups excluding carboxylic acids is 1. The van der Waals surface area contributed by atoms with Crippen molar-refractivity contribution in [3.05, 3.63) is 59.2 Å². The molecule has 0 saturated heterocycles. The van der Waals surface area contributed by atoms with Crippen molar-refractivity contribution >= 4 is 11.6 Å². The van der Waals surface area contributed by atoms with E-state index >= 15 is 0 Å². The van der Waals surface area contributed by atoms with Crippen molar-refractivity contribution in [1.29, 1.82) is 0 Å². The Morgan fingerprint density at radius 1 is 1.07 bits per heavy atom. The van der Waals surface area contributed by atoms with Crippen molar-refractivity contribution in [2.75, 3.05) is 11.9 Å². The Labute approximate surface area is 162 Å². The maximum absolute atomic E-state index is 12.7. The highest BCUT2D eigenvalue weighted by atomic mass is 16.5. The monoisotopic (exact) mass is 369 g/mol. The lowest BCUT2D eigenvalue weighted by molar-refractivity contribution is -0.139. The summed E-state index contributed by atoms with van der Waals surface area (Å²) in [4.78, 5) is 12.7. The molecule has 4 nitrogen and oxygen atoms in total. The molecule has 0 bridgehead atoms. The second-order valence-corrected chi connectivity index (χ2v) is 7.10. The van der Waals surface area contributed by atoms with Crippen LogP contribution in [0.15, 0.2) is 42.5 Å². The third-order valence-corrected chi connectivity index (χ3v) is 4.72. The number of amides is 1. The van der Waals surface area contributed by atoms with Crippen LogP contribution in [0.25, 0.3) is 0 Å². The quantitative estimate of drug-likeness (QED) is 0.642. The van der Waals surface area contributed by atoms with E-state index in [-0.39, 0.29) is 5.91 Å². The van der Waals surface area contributed by atoms with E-state index in [9.17, 15) is 4.79 Å². The highest BCUT2D eigenvalue weighted by Gasteiger charge is 2.32. The average molecular weight is 370 g/mol. The van der Waals surface area contributed by atoms with Gasteiger partial charge in [-0.1, -0.05) is 44.2 Å². The van der Waals surface area contributed by atoms with Crippen LogP contribution in [0.1, 0.15) is 50.3 Å². The van der Waals surface area contributed by atoms with Crippen LogP contribution in [0, 0.1) is 13.8 Å². The molecule has 0 heterocycles. The highest BCUT2D eigenvalue weighted by Crippen LogP contribution is 2.29. The molecule has 1 N–H and O–H groups in total. The van der Waals surface area contributed by atoms with Gasteiger partial charge in [0.15, 0.2) is 0 Å². The van der Waals surface area contributed by atoms with Gasteiger partial charge in [0.2, 0.25) is 0 Å². The van der Waals surface area contributed by atoms with Crippen molar-refractivity contribution in [1.82, 2.24) is 0 Å². The van der Waals surface area contributed by atoms with Gasteiger partial charge in [-0.2, -0.15) is 0 Å². The molecule has 0 spiro atoms. The van der Waals surface area contributed by atoms with Gasteiger partial charge in [-0.25, -0.2) is 0 Å². The molecular formula is C23H31NO3. The largest absolute Gasteiger partial charge is 0.488 e. The Morgan fingerprint density at radius 2 is 1.70 bits per heavy atom. The predicted octanol–water partition coefficient (Wildman–Crippen LogP) is 5.42. The van der Waals surface area contributed by atoms with Crippen molar-refractivity contribution in [2.45, 2.75) is 59.7 Å².